The molecule has 7 heteroatoms. The molecule has 94 valence electrons. The van der Waals surface area contributed by atoms with Crippen LogP contribution in [0.2, 0.25) is 0 Å². The first-order valence-electron chi connectivity index (χ1n) is 5.06. The number of halogens is 1. The molecule has 1 rings (SSSR count). The highest BCUT2D eigenvalue weighted by atomic mass is 19.1. The molecule has 0 atom stereocenters. The minimum Gasteiger partial charge on any atom is -0.398 e. The third-order valence-corrected chi connectivity index (χ3v) is 1.85. The van der Waals surface area contributed by atoms with E-state index in [9.17, 15) is 4.39 Å². The number of aromatic nitrogens is 1. The average Bonchev–Trinajstić information content (AvgIpc) is 2.37. The average molecular weight is 248 g/mol. The Balaban J connectivity index is 2.53. The number of rotatable bonds is 4. The maximum atomic E-state index is 12.8. The Morgan fingerprint density at radius 2 is 2.33 bits per heavy atom. The number of aliphatic imine (C=N–C) groups is 1. The third-order valence-electron chi connectivity index (χ3n) is 1.85. The molecule has 0 amide bonds. The van der Waals surface area contributed by atoms with Crippen molar-refractivity contribution in [3.63, 3.8) is 0 Å². The summed E-state index contributed by atoms with van der Waals surface area (Å²) >= 11 is 0. The highest BCUT2D eigenvalue weighted by molar-refractivity contribution is 6.00. The molecule has 0 aliphatic rings. The quantitative estimate of drug-likeness (QED) is 0.421. The third kappa shape index (κ3) is 4.52. The molecule has 6 nitrogen and oxygen atoms in total. The lowest BCUT2D eigenvalue weighted by Gasteiger charge is -1.97. The second-order valence-corrected chi connectivity index (χ2v) is 3.17. The lowest BCUT2D eigenvalue weighted by atomic mass is 10.2. The summed E-state index contributed by atoms with van der Waals surface area (Å²) in [7, 11) is 0. The Morgan fingerprint density at radius 3 is 3.00 bits per heavy atom. The van der Waals surface area contributed by atoms with Gasteiger partial charge in [0.1, 0.15) is 12.2 Å². The normalized spacial score (nSPS) is 12.2. The first kappa shape index (κ1) is 13.5. The Morgan fingerprint density at radius 1 is 1.56 bits per heavy atom. The predicted octanol–water partition coefficient (Wildman–Crippen LogP) is 1.01. The zero-order valence-corrected chi connectivity index (χ0v) is 9.76. The van der Waals surface area contributed by atoms with E-state index in [4.69, 9.17) is 11.1 Å². The van der Waals surface area contributed by atoms with Crippen molar-refractivity contribution in [2.24, 2.45) is 15.8 Å². The number of nitrogens with zero attached hydrogens (tertiary/aromatic N) is 3. The molecule has 1 aromatic heterocycles. The first-order valence-corrected chi connectivity index (χ1v) is 5.06. The standard InChI is InChI=1S/C11H13FN6/c1-2-10(13)6-17-18-7-16-11(14)8-3-9(12)5-15-4-8/h2-7H,13H2,1H3,(H2,14,16,18)/b10-2+,17-6-. The van der Waals surface area contributed by atoms with Gasteiger partial charge in [-0.3, -0.25) is 15.8 Å². The van der Waals surface area contributed by atoms with Gasteiger partial charge in [-0.05, 0) is 13.0 Å². The van der Waals surface area contributed by atoms with Crippen LogP contribution in [0.1, 0.15) is 12.5 Å². The van der Waals surface area contributed by atoms with Crippen molar-refractivity contribution < 1.29 is 4.39 Å². The Bertz CT molecular complexity index is 506. The van der Waals surface area contributed by atoms with Crippen molar-refractivity contribution in [2.45, 2.75) is 6.92 Å². The monoisotopic (exact) mass is 248 g/mol. The lowest BCUT2D eigenvalue weighted by Crippen LogP contribution is -2.07. The maximum Gasteiger partial charge on any atom is 0.155 e. The van der Waals surface area contributed by atoms with Gasteiger partial charge in [-0.25, -0.2) is 9.38 Å². The lowest BCUT2D eigenvalue weighted by molar-refractivity contribution is 0.621. The van der Waals surface area contributed by atoms with Gasteiger partial charge < -0.3 is 5.73 Å². The summed E-state index contributed by atoms with van der Waals surface area (Å²) in [5, 5.41) is 11.3. The summed E-state index contributed by atoms with van der Waals surface area (Å²) in [5.41, 5.74) is 8.71. The van der Waals surface area contributed by atoms with E-state index < -0.39 is 5.82 Å². The van der Waals surface area contributed by atoms with Crippen molar-refractivity contribution in [1.29, 1.82) is 5.41 Å². The van der Waals surface area contributed by atoms with E-state index in [-0.39, 0.29) is 11.4 Å². The number of allylic oxidation sites excluding steroid dienone is 2. The van der Waals surface area contributed by atoms with E-state index >= 15 is 0 Å². The maximum absolute atomic E-state index is 12.8. The van der Waals surface area contributed by atoms with Crippen LogP contribution in [0.25, 0.3) is 0 Å². The van der Waals surface area contributed by atoms with E-state index in [0.717, 1.165) is 6.20 Å². The number of nitrogens with one attached hydrogen (secondary N) is 2. The van der Waals surface area contributed by atoms with Crippen molar-refractivity contribution in [1.82, 2.24) is 10.4 Å². The summed E-state index contributed by atoms with van der Waals surface area (Å²) in [6, 6.07) is 1.17. The summed E-state index contributed by atoms with van der Waals surface area (Å²) in [6.45, 7) is 1.78. The molecule has 0 unspecified atom stereocenters. The van der Waals surface area contributed by atoms with Crippen LogP contribution in [0.5, 0.6) is 0 Å². The highest BCUT2D eigenvalue weighted by Gasteiger charge is 2.00. The van der Waals surface area contributed by atoms with Crippen molar-refractivity contribution in [3.05, 3.63) is 41.6 Å². The topological polar surface area (TPSA) is 99.5 Å². The van der Waals surface area contributed by atoms with Crippen LogP contribution in [-0.4, -0.2) is 23.4 Å². The van der Waals surface area contributed by atoms with E-state index in [2.05, 4.69) is 20.5 Å². The van der Waals surface area contributed by atoms with E-state index in [1.807, 2.05) is 0 Å². The molecule has 0 aliphatic carbocycles. The molecule has 0 fully saturated rings. The van der Waals surface area contributed by atoms with Gasteiger partial charge in [0.2, 0.25) is 0 Å². The van der Waals surface area contributed by atoms with Gasteiger partial charge in [0.05, 0.1) is 12.4 Å². The van der Waals surface area contributed by atoms with Gasteiger partial charge in [-0.15, -0.1) is 0 Å². The van der Waals surface area contributed by atoms with Crippen LogP contribution < -0.4 is 11.2 Å². The number of hydrogen-bond donors (Lipinski definition) is 3. The smallest absolute Gasteiger partial charge is 0.155 e. The SMILES string of the molecule is C/C=C(N)\C=N/N/C=N\C(=N)c1cncc(F)c1. The largest absolute Gasteiger partial charge is 0.398 e. The zero-order chi connectivity index (χ0) is 13.4. The fourth-order valence-corrected chi connectivity index (χ4v) is 0.929. The second-order valence-electron chi connectivity index (χ2n) is 3.17. The molecule has 1 aromatic rings. The molecule has 0 aromatic carbocycles. The van der Waals surface area contributed by atoms with E-state index in [1.54, 1.807) is 13.0 Å². The van der Waals surface area contributed by atoms with E-state index in [1.165, 1.54) is 24.8 Å². The first-order chi connectivity index (χ1) is 8.63. The molecule has 0 saturated heterocycles. The highest BCUT2D eigenvalue weighted by Crippen LogP contribution is 2.01. The van der Waals surface area contributed by atoms with Crippen molar-refractivity contribution in [2.75, 3.05) is 0 Å². The molecule has 0 radical (unpaired) electrons. The summed E-state index contributed by atoms with van der Waals surface area (Å²) in [5.74, 6) is -0.636. The van der Waals surface area contributed by atoms with Crippen LogP contribution >= 0.6 is 0 Å². The predicted molar refractivity (Wildman–Crippen MR) is 69.1 cm³/mol. The molecule has 0 aliphatic heterocycles. The summed E-state index contributed by atoms with van der Waals surface area (Å²) in [4.78, 5) is 7.34. The Labute approximate surface area is 104 Å². The van der Waals surface area contributed by atoms with Gasteiger partial charge in [0, 0.05) is 17.5 Å². The molecule has 4 N–H and O–H groups in total. The minimum absolute atomic E-state index is 0.122. The fraction of sp³-hybridized carbons (Fsp3) is 0.0909. The molecule has 0 saturated carbocycles. The molecule has 0 spiro atoms. The van der Waals surface area contributed by atoms with Gasteiger partial charge in [0.15, 0.2) is 5.84 Å². The number of amidine groups is 1. The number of nitrogens with two attached hydrogens (primary N) is 1. The molecule has 18 heavy (non-hydrogen) atoms. The number of hydrazone groups is 1. The number of pyridine rings is 1. The molecule has 0 bridgehead atoms. The van der Waals surface area contributed by atoms with E-state index in [0.29, 0.717) is 5.70 Å². The Kier molecular flexibility index (Phi) is 5.17. The Hall–Kier alpha value is -2.57. The molecule has 1 heterocycles. The van der Waals surface area contributed by atoms with Gasteiger partial charge in [-0.1, -0.05) is 6.08 Å². The van der Waals surface area contributed by atoms with Crippen molar-refractivity contribution >= 4 is 18.4 Å². The van der Waals surface area contributed by atoms with Crippen LogP contribution in [0.4, 0.5) is 4.39 Å². The molecular formula is C11H13FN6. The summed E-state index contributed by atoms with van der Waals surface area (Å²) in [6.07, 6.45) is 6.70. The van der Waals surface area contributed by atoms with Gasteiger partial charge >= 0.3 is 0 Å². The van der Waals surface area contributed by atoms with Crippen LogP contribution in [0.15, 0.2) is 40.3 Å². The minimum atomic E-state index is -0.515. The number of hydrogen-bond acceptors (Lipinski definition) is 4. The van der Waals surface area contributed by atoms with Gasteiger partial charge in [0.25, 0.3) is 0 Å². The zero-order valence-electron chi connectivity index (χ0n) is 9.76. The van der Waals surface area contributed by atoms with Crippen LogP contribution in [-0.2, 0) is 0 Å². The van der Waals surface area contributed by atoms with Gasteiger partial charge in [-0.2, -0.15) is 5.10 Å². The fourth-order valence-electron chi connectivity index (χ4n) is 0.929. The van der Waals surface area contributed by atoms with Crippen LogP contribution in [0.3, 0.4) is 0 Å². The molecular weight excluding hydrogens is 235 g/mol. The van der Waals surface area contributed by atoms with Crippen LogP contribution in [0, 0.1) is 11.2 Å². The summed E-state index contributed by atoms with van der Waals surface area (Å²) < 4.78 is 12.8. The second kappa shape index (κ2) is 6.89. The van der Waals surface area contributed by atoms with Crippen molar-refractivity contribution in [3.8, 4) is 0 Å².